The number of rotatable bonds is 5. The van der Waals surface area contributed by atoms with E-state index in [0.717, 1.165) is 13.1 Å². The van der Waals surface area contributed by atoms with Crippen molar-refractivity contribution in [3.8, 4) is 0 Å². The van der Waals surface area contributed by atoms with Gasteiger partial charge < -0.3 is 14.7 Å². The number of morpholine rings is 1. The summed E-state index contributed by atoms with van der Waals surface area (Å²) in [4.78, 5) is 34.8. The summed E-state index contributed by atoms with van der Waals surface area (Å²) in [5.41, 5.74) is 2.38. The molecule has 5 rings (SSSR count). The smallest absolute Gasteiger partial charge is 0.295 e. The second-order valence-corrected chi connectivity index (χ2v) is 8.91. The van der Waals surface area contributed by atoms with Crippen molar-refractivity contribution in [3.63, 3.8) is 0 Å². The van der Waals surface area contributed by atoms with Gasteiger partial charge >= 0.3 is 0 Å². The van der Waals surface area contributed by atoms with Crippen molar-refractivity contribution in [2.45, 2.75) is 13.0 Å². The van der Waals surface area contributed by atoms with Gasteiger partial charge in [0.2, 0.25) is 0 Å². The number of ether oxygens (including phenoxy) is 1. The molecule has 0 unspecified atom stereocenters. The van der Waals surface area contributed by atoms with Crippen LogP contribution < -0.4 is 0 Å². The molecule has 2 saturated heterocycles. The molecule has 34 heavy (non-hydrogen) atoms. The van der Waals surface area contributed by atoms with E-state index in [2.05, 4.69) is 9.88 Å². The normalized spacial score (nSPS) is 21.0. The van der Waals surface area contributed by atoms with Crippen LogP contribution in [0.1, 0.15) is 23.0 Å². The average Bonchev–Trinajstić information content (AvgIpc) is 3.31. The van der Waals surface area contributed by atoms with Crippen LogP contribution in [0.4, 0.5) is 0 Å². The number of fused-ring (bicyclic) bond motifs is 1. The Morgan fingerprint density at radius 2 is 1.85 bits per heavy atom. The highest BCUT2D eigenvalue weighted by Gasteiger charge is 2.46. The molecule has 0 aliphatic carbocycles. The Labute approximate surface area is 202 Å². The van der Waals surface area contributed by atoms with Crippen LogP contribution in [-0.2, 0) is 14.3 Å². The third-order valence-corrected chi connectivity index (χ3v) is 6.67. The maximum Gasteiger partial charge on any atom is 0.295 e. The molecule has 1 amide bonds. The van der Waals surface area contributed by atoms with Gasteiger partial charge in [0.1, 0.15) is 11.3 Å². The van der Waals surface area contributed by atoms with E-state index in [9.17, 15) is 14.7 Å². The molecule has 0 saturated carbocycles. The summed E-state index contributed by atoms with van der Waals surface area (Å²) < 4.78 is 7.14. The lowest BCUT2D eigenvalue weighted by atomic mass is 9.96. The third-order valence-electron chi connectivity index (χ3n) is 6.42. The second kappa shape index (κ2) is 9.21. The van der Waals surface area contributed by atoms with Crippen molar-refractivity contribution in [2.24, 2.45) is 0 Å². The van der Waals surface area contributed by atoms with E-state index in [1.807, 2.05) is 18.2 Å². The summed E-state index contributed by atoms with van der Waals surface area (Å²) in [6.07, 6.45) is 1.77. The zero-order valence-corrected chi connectivity index (χ0v) is 19.5. The topological polar surface area (TPSA) is 87.4 Å². The number of aliphatic hydroxyl groups excluding tert-OH is 1. The van der Waals surface area contributed by atoms with Gasteiger partial charge in [-0.25, -0.2) is 4.98 Å². The van der Waals surface area contributed by atoms with Crippen LogP contribution in [0.5, 0.6) is 0 Å². The van der Waals surface area contributed by atoms with Gasteiger partial charge in [-0.3, -0.25) is 18.9 Å². The number of aryl methyl sites for hydroxylation is 1. The number of Topliss-reactive ketones (excluding diaryl/α,β-unsaturated/α-hetero) is 1. The van der Waals surface area contributed by atoms with Gasteiger partial charge in [-0.15, -0.1) is 0 Å². The Balaban J connectivity index is 1.60. The molecule has 2 aliphatic heterocycles. The fourth-order valence-electron chi connectivity index (χ4n) is 4.70. The summed E-state index contributed by atoms with van der Waals surface area (Å²) >= 11 is 6.10. The number of carbonyl (C=O) groups is 2. The molecule has 4 heterocycles. The van der Waals surface area contributed by atoms with Crippen LogP contribution in [0.3, 0.4) is 0 Å². The number of halogens is 1. The first kappa shape index (κ1) is 22.6. The van der Waals surface area contributed by atoms with Crippen LogP contribution in [0, 0.1) is 6.92 Å². The number of hydrogen-bond donors (Lipinski definition) is 1. The average molecular weight is 481 g/mol. The van der Waals surface area contributed by atoms with Gasteiger partial charge in [0.15, 0.2) is 5.76 Å². The van der Waals surface area contributed by atoms with Crippen LogP contribution in [0.2, 0.25) is 5.02 Å². The Morgan fingerprint density at radius 3 is 2.59 bits per heavy atom. The Morgan fingerprint density at radius 1 is 1.12 bits per heavy atom. The van der Waals surface area contributed by atoms with E-state index in [0.29, 0.717) is 53.9 Å². The number of imidazole rings is 1. The molecule has 3 aromatic rings. The maximum absolute atomic E-state index is 13.3. The van der Waals surface area contributed by atoms with E-state index in [1.165, 1.54) is 0 Å². The van der Waals surface area contributed by atoms with Crippen LogP contribution in [-0.4, -0.2) is 75.4 Å². The second-order valence-electron chi connectivity index (χ2n) is 8.47. The quantitative estimate of drug-likeness (QED) is 0.343. The van der Waals surface area contributed by atoms with Crippen molar-refractivity contribution < 1.29 is 19.4 Å². The Kier molecular flexibility index (Phi) is 6.12. The van der Waals surface area contributed by atoms with Gasteiger partial charge in [-0.2, -0.15) is 0 Å². The van der Waals surface area contributed by atoms with Crippen LogP contribution >= 0.6 is 11.6 Å². The van der Waals surface area contributed by atoms with Gasteiger partial charge in [-0.1, -0.05) is 29.8 Å². The van der Waals surface area contributed by atoms with Gasteiger partial charge in [0.25, 0.3) is 11.7 Å². The molecule has 2 aliphatic rings. The summed E-state index contributed by atoms with van der Waals surface area (Å²) in [5, 5.41) is 12.0. The maximum atomic E-state index is 13.3. The minimum Gasteiger partial charge on any atom is -0.505 e. The van der Waals surface area contributed by atoms with Crippen molar-refractivity contribution >= 4 is 34.7 Å². The lowest BCUT2D eigenvalue weighted by Gasteiger charge is -2.31. The molecular weight excluding hydrogens is 456 g/mol. The molecule has 2 fully saturated rings. The zero-order chi connectivity index (χ0) is 23.8. The fraction of sp³-hybridized carbons (Fsp3) is 0.320. The number of amides is 1. The first-order valence-corrected chi connectivity index (χ1v) is 11.6. The van der Waals surface area contributed by atoms with Crippen LogP contribution in [0.25, 0.3) is 11.4 Å². The molecule has 1 atom stereocenters. The number of carbonyl (C=O) groups excluding carboxylic acids is 2. The Hall–Kier alpha value is -3.20. The van der Waals surface area contributed by atoms with E-state index >= 15 is 0 Å². The molecular formula is C25H25ClN4O4. The van der Waals surface area contributed by atoms with Gasteiger partial charge in [-0.05, 0) is 36.8 Å². The molecule has 1 N–H and O–H groups in total. The standard InChI is InChI=1S/C25H25ClN4O4/c1-16-21(29-9-3-2-4-19(29)27-16)23(31)20-22(17-5-7-18(26)8-6-17)30(25(33)24(20)32)11-10-28-12-14-34-15-13-28/h2-9,22,31H,10-15H2,1H3/t22-/m1/s1. The van der Waals surface area contributed by atoms with Crippen LogP contribution in [0.15, 0.2) is 54.2 Å². The number of hydrogen-bond acceptors (Lipinski definition) is 6. The number of aliphatic hydroxyl groups is 1. The van der Waals surface area contributed by atoms with Crippen molar-refractivity contribution in [1.29, 1.82) is 0 Å². The monoisotopic (exact) mass is 480 g/mol. The minimum atomic E-state index is -0.730. The first-order valence-electron chi connectivity index (χ1n) is 11.2. The van der Waals surface area contributed by atoms with E-state index < -0.39 is 17.7 Å². The summed E-state index contributed by atoms with van der Waals surface area (Å²) in [6.45, 7) is 5.57. The molecule has 9 heteroatoms. The zero-order valence-electron chi connectivity index (χ0n) is 18.8. The Bertz CT molecular complexity index is 1280. The number of pyridine rings is 1. The third kappa shape index (κ3) is 3.98. The number of aromatic nitrogens is 2. The van der Waals surface area contributed by atoms with E-state index in [1.54, 1.807) is 46.7 Å². The largest absolute Gasteiger partial charge is 0.505 e. The molecule has 0 spiro atoms. The summed E-state index contributed by atoms with van der Waals surface area (Å²) in [6, 6.07) is 11.8. The fourth-order valence-corrected chi connectivity index (χ4v) is 4.83. The van der Waals surface area contributed by atoms with Gasteiger partial charge in [0, 0.05) is 37.4 Å². The lowest BCUT2D eigenvalue weighted by Crippen LogP contribution is -2.42. The molecule has 8 nitrogen and oxygen atoms in total. The molecule has 0 radical (unpaired) electrons. The lowest BCUT2D eigenvalue weighted by molar-refractivity contribution is -0.140. The highest BCUT2D eigenvalue weighted by molar-refractivity contribution is 6.46. The van der Waals surface area contributed by atoms with Crippen molar-refractivity contribution in [2.75, 3.05) is 39.4 Å². The highest BCUT2D eigenvalue weighted by atomic mass is 35.5. The molecule has 0 bridgehead atoms. The predicted molar refractivity (Wildman–Crippen MR) is 128 cm³/mol. The first-order chi connectivity index (χ1) is 16.5. The van der Waals surface area contributed by atoms with E-state index in [-0.39, 0.29) is 11.3 Å². The SMILES string of the molecule is Cc1nc2ccccn2c1C(O)=C1C(=O)C(=O)N(CCN2CCOCC2)[C@@H]1c1ccc(Cl)cc1. The summed E-state index contributed by atoms with van der Waals surface area (Å²) in [7, 11) is 0. The number of nitrogens with zero attached hydrogens (tertiary/aromatic N) is 4. The van der Waals surface area contributed by atoms with Gasteiger partial charge in [0.05, 0.1) is 30.5 Å². The van der Waals surface area contributed by atoms with Crippen molar-refractivity contribution in [1.82, 2.24) is 19.2 Å². The minimum absolute atomic E-state index is 0.0584. The summed E-state index contributed by atoms with van der Waals surface area (Å²) in [5.74, 6) is -1.56. The highest BCUT2D eigenvalue weighted by Crippen LogP contribution is 2.40. The molecule has 2 aromatic heterocycles. The molecule has 1 aromatic carbocycles. The van der Waals surface area contributed by atoms with Crippen molar-refractivity contribution in [3.05, 3.63) is 76.2 Å². The number of benzene rings is 1. The predicted octanol–water partition coefficient (Wildman–Crippen LogP) is 3.05. The number of likely N-dealkylation sites (tertiary alicyclic amines) is 1. The number of ketones is 1. The van der Waals surface area contributed by atoms with E-state index in [4.69, 9.17) is 16.3 Å². The molecule has 176 valence electrons.